The summed E-state index contributed by atoms with van der Waals surface area (Å²) in [6.07, 6.45) is -4.79. The van der Waals surface area contributed by atoms with E-state index in [1.807, 2.05) is 48.5 Å². The maximum atomic E-state index is 13.4. The Morgan fingerprint density at radius 2 is 1.55 bits per heavy atom. The zero-order valence-corrected chi connectivity index (χ0v) is 29.5. The van der Waals surface area contributed by atoms with Crippen LogP contribution in [0.15, 0.2) is 60.7 Å². The van der Waals surface area contributed by atoms with E-state index < -0.39 is 78.3 Å². The van der Waals surface area contributed by atoms with E-state index in [9.17, 15) is 24.0 Å². The number of hydrogen-bond donors (Lipinski definition) is 4. The van der Waals surface area contributed by atoms with Crippen LogP contribution < -0.4 is 21.7 Å². The summed E-state index contributed by atoms with van der Waals surface area (Å²) < 4.78 is 35.9. The van der Waals surface area contributed by atoms with Gasteiger partial charge in [-0.05, 0) is 45.2 Å². The largest absolute Gasteiger partial charge is 0.461 e. The highest BCUT2D eigenvalue weighted by Crippen LogP contribution is 2.35. The summed E-state index contributed by atoms with van der Waals surface area (Å²) in [5.74, 6) is -4.18. The Labute approximate surface area is 297 Å². The fourth-order valence-electron chi connectivity index (χ4n) is 5.62. The first-order chi connectivity index (χ1) is 24.2. The summed E-state index contributed by atoms with van der Waals surface area (Å²) in [6.45, 7) is 8.10. The lowest BCUT2D eigenvalue weighted by molar-refractivity contribution is -0.374. The van der Waals surface area contributed by atoms with E-state index in [0.29, 0.717) is 0 Å². The summed E-state index contributed by atoms with van der Waals surface area (Å²) in [7, 11) is 0. The number of nitrogens with one attached hydrogen (secondary N) is 3. The van der Waals surface area contributed by atoms with Crippen molar-refractivity contribution < 1.29 is 52.4 Å². The Morgan fingerprint density at radius 3 is 2.16 bits per heavy atom. The monoisotopic (exact) mass is 712 g/mol. The van der Waals surface area contributed by atoms with E-state index >= 15 is 0 Å². The van der Waals surface area contributed by atoms with Crippen LogP contribution in [0.1, 0.15) is 58.6 Å². The summed E-state index contributed by atoms with van der Waals surface area (Å²) >= 11 is 0. The SMILES string of the molecule is CC(=O)N[C@H]1[C@@H](OCc2ccccc2)O[C@@H]2COC(C)(C)O[C@H]2[C@@H]1O[C@H](C)C(=O)N[C@@H](C)C(=O)N[C@H](CCC(=O)OCc1ccccc1)C(N)=O. The van der Waals surface area contributed by atoms with Crippen LogP contribution in [-0.2, 0) is 65.6 Å². The molecule has 0 saturated carbocycles. The maximum Gasteiger partial charge on any atom is 0.306 e. The molecule has 278 valence electrons. The second kappa shape index (κ2) is 18.2. The van der Waals surface area contributed by atoms with Crippen LogP contribution in [0.2, 0.25) is 0 Å². The van der Waals surface area contributed by atoms with Crippen molar-refractivity contribution in [3.8, 4) is 0 Å². The molecule has 4 rings (SSSR count). The van der Waals surface area contributed by atoms with Gasteiger partial charge in [0.25, 0.3) is 0 Å². The number of hydrogen-bond acceptors (Lipinski definition) is 11. The van der Waals surface area contributed by atoms with Crippen molar-refractivity contribution in [3.63, 3.8) is 0 Å². The molecular formula is C36H48N4O11. The van der Waals surface area contributed by atoms with Crippen molar-refractivity contribution >= 4 is 29.6 Å². The number of amides is 4. The minimum absolute atomic E-state index is 0.0659. The van der Waals surface area contributed by atoms with E-state index in [-0.39, 0.29) is 38.6 Å². The van der Waals surface area contributed by atoms with Gasteiger partial charge in [0.15, 0.2) is 12.1 Å². The zero-order chi connectivity index (χ0) is 37.1. The molecule has 0 aliphatic carbocycles. The van der Waals surface area contributed by atoms with E-state index in [2.05, 4.69) is 16.0 Å². The number of ether oxygens (including phenoxy) is 6. The molecule has 15 heteroatoms. The lowest BCUT2D eigenvalue weighted by Crippen LogP contribution is -2.69. The molecule has 4 amide bonds. The van der Waals surface area contributed by atoms with Crippen molar-refractivity contribution in [2.75, 3.05) is 6.61 Å². The molecule has 2 heterocycles. The van der Waals surface area contributed by atoms with Crippen molar-refractivity contribution in [2.45, 2.75) is 115 Å². The van der Waals surface area contributed by atoms with Crippen molar-refractivity contribution in [1.29, 1.82) is 0 Å². The molecule has 0 aromatic heterocycles. The van der Waals surface area contributed by atoms with Crippen molar-refractivity contribution in [2.24, 2.45) is 5.73 Å². The Kier molecular flexibility index (Phi) is 14.0. The highest BCUT2D eigenvalue weighted by molar-refractivity contribution is 5.92. The third kappa shape index (κ3) is 11.8. The van der Waals surface area contributed by atoms with Gasteiger partial charge in [-0.3, -0.25) is 24.0 Å². The van der Waals surface area contributed by atoms with Gasteiger partial charge < -0.3 is 50.1 Å². The Morgan fingerprint density at radius 1 is 0.922 bits per heavy atom. The Bertz CT molecular complexity index is 1490. The summed E-state index contributed by atoms with van der Waals surface area (Å²) in [4.78, 5) is 63.2. The van der Waals surface area contributed by atoms with Gasteiger partial charge in [0.05, 0.1) is 13.2 Å². The fraction of sp³-hybridized carbons (Fsp3) is 0.528. The van der Waals surface area contributed by atoms with Crippen LogP contribution in [0.5, 0.6) is 0 Å². The molecule has 2 aliphatic rings. The molecule has 5 N–H and O–H groups in total. The van der Waals surface area contributed by atoms with Gasteiger partial charge in [0.2, 0.25) is 23.6 Å². The number of carbonyl (C=O) groups excluding carboxylic acids is 5. The second-order valence-electron chi connectivity index (χ2n) is 13.0. The van der Waals surface area contributed by atoms with Gasteiger partial charge in [0.1, 0.15) is 49.1 Å². The minimum atomic E-state index is -1.19. The fourth-order valence-corrected chi connectivity index (χ4v) is 5.62. The van der Waals surface area contributed by atoms with Gasteiger partial charge in [-0.1, -0.05) is 60.7 Å². The average Bonchev–Trinajstić information content (AvgIpc) is 3.09. The third-order valence-corrected chi connectivity index (χ3v) is 8.31. The minimum Gasteiger partial charge on any atom is -0.461 e. The molecule has 0 spiro atoms. The van der Waals surface area contributed by atoms with Crippen LogP contribution in [-0.4, -0.2) is 90.8 Å². The van der Waals surface area contributed by atoms with Gasteiger partial charge in [-0.15, -0.1) is 0 Å². The average molecular weight is 713 g/mol. The smallest absolute Gasteiger partial charge is 0.306 e. The molecule has 0 bridgehead atoms. The number of benzene rings is 2. The van der Waals surface area contributed by atoms with Crippen LogP contribution in [0, 0.1) is 0 Å². The predicted octanol–water partition coefficient (Wildman–Crippen LogP) is 1.36. The molecule has 2 aromatic carbocycles. The topological polar surface area (TPSA) is 203 Å². The number of esters is 1. The molecule has 2 aliphatic heterocycles. The quantitative estimate of drug-likeness (QED) is 0.183. The van der Waals surface area contributed by atoms with Crippen molar-refractivity contribution in [3.05, 3.63) is 71.8 Å². The molecule has 51 heavy (non-hydrogen) atoms. The molecule has 8 atom stereocenters. The summed E-state index contributed by atoms with van der Waals surface area (Å²) in [5.41, 5.74) is 7.17. The maximum absolute atomic E-state index is 13.4. The van der Waals surface area contributed by atoms with E-state index in [4.69, 9.17) is 34.2 Å². The third-order valence-electron chi connectivity index (χ3n) is 8.31. The van der Waals surface area contributed by atoms with Gasteiger partial charge >= 0.3 is 5.97 Å². The molecule has 0 radical (unpaired) electrons. The van der Waals surface area contributed by atoms with E-state index in [0.717, 1.165) is 11.1 Å². The van der Waals surface area contributed by atoms with Crippen LogP contribution >= 0.6 is 0 Å². The van der Waals surface area contributed by atoms with Crippen molar-refractivity contribution in [1.82, 2.24) is 16.0 Å². The number of primary amides is 1. The zero-order valence-electron chi connectivity index (χ0n) is 29.5. The van der Waals surface area contributed by atoms with Gasteiger partial charge in [-0.25, -0.2) is 0 Å². The number of rotatable bonds is 16. The van der Waals surface area contributed by atoms with Crippen LogP contribution in [0.3, 0.4) is 0 Å². The first kappa shape index (κ1) is 39.4. The molecule has 2 fully saturated rings. The highest BCUT2D eigenvalue weighted by atomic mass is 16.8. The van der Waals surface area contributed by atoms with E-state index in [1.54, 1.807) is 26.0 Å². The van der Waals surface area contributed by atoms with Crippen LogP contribution in [0.4, 0.5) is 0 Å². The number of nitrogens with two attached hydrogens (primary N) is 1. The normalized spacial score (nSPS) is 24.1. The Balaban J connectivity index is 1.37. The molecule has 2 aromatic rings. The molecule has 15 nitrogen and oxygen atoms in total. The number of carbonyl (C=O) groups is 5. The standard InChI is InChI=1S/C36H48N4O11/c1-21(33(44)40-26(32(37)43)16-17-28(42)46-18-24-12-8-6-9-13-24)38-34(45)22(2)49-31-29(39-23(3)41)35(47-19-25-14-10-7-11-15-25)50-27-20-48-36(4,5)51-30(27)31/h6-15,21-22,26-27,29-31,35H,16-20H2,1-5H3,(H2,37,43)(H,38,45)(H,39,41)(H,40,44)/t21-,22+,26+,27+,29+,30+,31+,35-/m0/s1. The van der Waals surface area contributed by atoms with Gasteiger partial charge in [0, 0.05) is 13.3 Å². The summed E-state index contributed by atoms with van der Waals surface area (Å²) in [5, 5.41) is 7.91. The molecule has 2 saturated heterocycles. The van der Waals surface area contributed by atoms with E-state index in [1.165, 1.54) is 20.8 Å². The summed E-state index contributed by atoms with van der Waals surface area (Å²) in [6, 6.07) is 15.3. The lowest BCUT2D eigenvalue weighted by atomic mass is 9.94. The molecule has 0 unspecified atom stereocenters. The second-order valence-corrected chi connectivity index (χ2v) is 13.0. The van der Waals surface area contributed by atoms with Gasteiger partial charge in [-0.2, -0.15) is 0 Å². The predicted molar refractivity (Wildman–Crippen MR) is 181 cm³/mol. The molecular weight excluding hydrogens is 664 g/mol. The first-order valence-corrected chi connectivity index (χ1v) is 16.9. The lowest BCUT2D eigenvalue weighted by Gasteiger charge is -2.51. The van der Waals surface area contributed by atoms with Crippen LogP contribution in [0.25, 0.3) is 0 Å². The first-order valence-electron chi connectivity index (χ1n) is 16.9. The highest BCUT2D eigenvalue weighted by Gasteiger charge is 2.53. The Hall–Kier alpha value is -4.41. The number of fused-ring (bicyclic) bond motifs is 1.